The molecule has 0 amide bonds. The van der Waals surface area contributed by atoms with Crippen LogP contribution in [0, 0.1) is 17.0 Å². The Morgan fingerprint density at radius 2 is 1.81 bits per heavy atom. The number of pyridine rings is 1. The maximum atomic E-state index is 12.6. The van der Waals surface area contributed by atoms with Crippen LogP contribution >= 0.6 is 0 Å². The van der Waals surface area contributed by atoms with Crippen LogP contribution in [0.15, 0.2) is 41.3 Å². The number of nitro groups is 1. The van der Waals surface area contributed by atoms with Crippen LogP contribution in [0.4, 0.5) is 11.4 Å². The summed E-state index contributed by atoms with van der Waals surface area (Å²) in [5, 5.41) is 11.4. The molecule has 0 bridgehead atoms. The zero-order valence-corrected chi connectivity index (χ0v) is 16.3. The van der Waals surface area contributed by atoms with Gasteiger partial charge in [-0.15, -0.1) is 0 Å². The molecule has 27 heavy (non-hydrogen) atoms. The van der Waals surface area contributed by atoms with E-state index in [4.69, 9.17) is 4.74 Å². The summed E-state index contributed by atoms with van der Waals surface area (Å²) in [5.74, 6) is -0.526. The van der Waals surface area contributed by atoms with E-state index >= 15 is 0 Å². The highest BCUT2D eigenvalue weighted by molar-refractivity contribution is 5.77. The number of nitrogens with zero attached hydrogens (tertiary/aromatic N) is 3. The van der Waals surface area contributed by atoms with E-state index in [9.17, 15) is 19.7 Å². The van der Waals surface area contributed by atoms with Gasteiger partial charge in [0.05, 0.1) is 11.5 Å². The number of aryl methyl sites for hydroxylation is 1. The second kappa shape index (κ2) is 10.1. The molecule has 0 unspecified atom stereocenters. The number of rotatable bonds is 6. The van der Waals surface area contributed by atoms with Crippen molar-refractivity contribution in [2.45, 2.75) is 27.7 Å². The molecule has 0 aliphatic heterocycles. The number of hydrogen-bond donors (Lipinski definition) is 0. The first-order chi connectivity index (χ1) is 12.8. The molecule has 0 atom stereocenters. The third-order valence-corrected chi connectivity index (χ3v) is 3.62. The Bertz CT molecular complexity index is 843. The summed E-state index contributed by atoms with van der Waals surface area (Å²) < 4.78 is 6.04. The lowest BCUT2D eigenvalue weighted by atomic mass is 10.2. The van der Waals surface area contributed by atoms with Crippen molar-refractivity contribution in [3.63, 3.8) is 0 Å². The van der Waals surface area contributed by atoms with Crippen LogP contribution in [0.2, 0.25) is 0 Å². The smallest absolute Gasteiger partial charge is 0.357 e. The average molecular weight is 375 g/mol. The van der Waals surface area contributed by atoms with E-state index < -0.39 is 22.1 Å². The SMILES string of the molecule is CC.CCOC(=O)CN(C)c1ccn(-c2ccc(C)cc2)c(=O)c1[N+](=O)[O-]. The molecule has 0 aliphatic rings. The van der Waals surface area contributed by atoms with Gasteiger partial charge in [0.15, 0.2) is 0 Å². The van der Waals surface area contributed by atoms with Gasteiger partial charge in [0.25, 0.3) is 0 Å². The minimum atomic E-state index is -0.762. The molecule has 2 aromatic rings. The van der Waals surface area contributed by atoms with Crippen LogP contribution in [-0.2, 0) is 9.53 Å². The van der Waals surface area contributed by atoms with Crippen LogP contribution in [-0.4, -0.2) is 35.7 Å². The van der Waals surface area contributed by atoms with E-state index in [0.717, 1.165) is 5.56 Å². The lowest BCUT2D eigenvalue weighted by Crippen LogP contribution is -2.30. The predicted octanol–water partition coefficient (Wildman–Crippen LogP) is 3.08. The number of benzene rings is 1. The molecule has 0 fully saturated rings. The quantitative estimate of drug-likeness (QED) is 0.437. The van der Waals surface area contributed by atoms with Crippen molar-refractivity contribution in [1.29, 1.82) is 0 Å². The molecular weight excluding hydrogens is 350 g/mol. The second-order valence-electron chi connectivity index (χ2n) is 5.48. The molecule has 0 aliphatic carbocycles. The Kier molecular flexibility index (Phi) is 8.19. The fourth-order valence-corrected chi connectivity index (χ4v) is 2.39. The van der Waals surface area contributed by atoms with Crippen molar-refractivity contribution in [1.82, 2.24) is 4.57 Å². The van der Waals surface area contributed by atoms with Gasteiger partial charge in [0.2, 0.25) is 0 Å². The van der Waals surface area contributed by atoms with Crippen LogP contribution in [0.1, 0.15) is 26.3 Å². The number of aromatic nitrogens is 1. The van der Waals surface area contributed by atoms with Gasteiger partial charge in [-0.2, -0.15) is 0 Å². The maximum Gasteiger partial charge on any atom is 0.357 e. The summed E-state index contributed by atoms with van der Waals surface area (Å²) in [6, 6.07) is 8.49. The van der Waals surface area contributed by atoms with Crippen molar-refractivity contribution in [2.24, 2.45) is 0 Å². The summed E-state index contributed by atoms with van der Waals surface area (Å²) in [6.45, 7) is 7.60. The summed E-state index contributed by atoms with van der Waals surface area (Å²) in [4.78, 5) is 36.3. The number of carbonyl (C=O) groups is 1. The topological polar surface area (TPSA) is 94.7 Å². The summed E-state index contributed by atoms with van der Waals surface area (Å²) in [6.07, 6.45) is 1.46. The zero-order valence-electron chi connectivity index (χ0n) is 16.3. The van der Waals surface area contributed by atoms with Gasteiger partial charge in [-0.3, -0.25) is 24.3 Å². The van der Waals surface area contributed by atoms with E-state index in [0.29, 0.717) is 5.69 Å². The van der Waals surface area contributed by atoms with Crippen LogP contribution in [0.5, 0.6) is 0 Å². The van der Waals surface area contributed by atoms with Gasteiger partial charge in [-0.25, -0.2) is 0 Å². The fourth-order valence-electron chi connectivity index (χ4n) is 2.39. The Morgan fingerprint density at radius 3 is 2.33 bits per heavy atom. The van der Waals surface area contributed by atoms with Gasteiger partial charge < -0.3 is 9.64 Å². The average Bonchev–Trinajstić information content (AvgIpc) is 2.63. The summed E-state index contributed by atoms with van der Waals surface area (Å²) in [5.41, 5.74) is 0.249. The highest BCUT2D eigenvalue weighted by Crippen LogP contribution is 2.24. The van der Waals surface area contributed by atoms with E-state index in [2.05, 4.69) is 0 Å². The van der Waals surface area contributed by atoms with Crippen molar-refractivity contribution >= 4 is 17.3 Å². The molecular formula is C19H25N3O5. The van der Waals surface area contributed by atoms with Gasteiger partial charge in [-0.1, -0.05) is 31.5 Å². The van der Waals surface area contributed by atoms with Crippen LogP contribution in [0.3, 0.4) is 0 Å². The lowest BCUT2D eigenvalue weighted by molar-refractivity contribution is -0.385. The zero-order chi connectivity index (χ0) is 20.6. The first-order valence-electron chi connectivity index (χ1n) is 8.69. The largest absolute Gasteiger partial charge is 0.465 e. The summed E-state index contributed by atoms with van der Waals surface area (Å²) >= 11 is 0. The van der Waals surface area contributed by atoms with Gasteiger partial charge >= 0.3 is 17.2 Å². The molecule has 2 rings (SSSR count). The third kappa shape index (κ3) is 5.40. The van der Waals surface area contributed by atoms with Gasteiger partial charge in [0, 0.05) is 18.9 Å². The molecule has 0 saturated carbocycles. The molecule has 8 nitrogen and oxygen atoms in total. The monoisotopic (exact) mass is 375 g/mol. The van der Waals surface area contributed by atoms with E-state index in [1.54, 1.807) is 19.1 Å². The minimum absolute atomic E-state index is 0.0615. The standard InChI is InChI=1S/C17H19N3O5.C2H6/c1-4-25-15(21)11-18(3)14-9-10-19(17(22)16(14)20(23)24)13-7-5-12(2)6-8-13;1-2/h5-10H,4,11H2,1-3H3;1-2H3. The van der Waals surface area contributed by atoms with Crippen molar-refractivity contribution in [2.75, 3.05) is 25.1 Å². The van der Waals surface area contributed by atoms with Crippen LogP contribution in [0.25, 0.3) is 5.69 Å². The maximum absolute atomic E-state index is 12.6. The van der Waals surface area contributed by atoms with Gasteiger partial charge in [-0.05, 0) is 32.0 Å². The Morgan fingerprint density at radius 1 is 1.22 bits per heavy atom. The predicted molar refractivity (Wildman–Crippen MR) is 105 cm³/mol. The number of esters is 1. The van der Waals surface area contributed by atoms with Crippen LogP contribution < -0.4 is 10.5 Å². The molecule has 0 spiro atoms. The van der Waals surface area contributed by atoms with E-state index in [1.165, 1.54) is 28.8 Å². The van der Waals surface area contributed by atoms with Crippen molar-refractivity contribution < 1.29 is 14.5 Å². The minimum Gasteiger partial charge on any atom is -0.465 e. The van der Waals surface area contributed by atoms with Crippen molar-refractivity contribution in [3.8, 4) is 5.69 Å². The lowest BCUT2D eigenvalue weighted by Gasteiger charge is -2.18. The molecule has 0 N–H and O–H groups in total. The number of likely N-dealkylation sites (N-methyl/N-ethyl adjacent to an activating group) is 1. The third-order valence-electron chi connectivity index (χ3n) is 3.62. The number of ether oxygens (including phenoxy) is 1. The molecule has 146 valence electrons. The number of anilines is 1. The molecule has 1 aromatic carbocycles. The molecule has 1 aromatic heterocycles. The number of carbonyl (C=O) groups excluding carboxylic acids is 1. The Hall–Kier alpha value is -3.16. The molecule has 8 heteroatoms. The first kappa shape index (κ1) is 21.9. The molecule has 1 heterocycles. The second-order valence-corrected chi connectivity index (χ2v) is 5.48. The number of hydrogen-bond acceptors (Lipinski definition) is 6. The van der Waals surface area contributed by atoms with E-state index in [1.807, 2.05) is 32.9 Å². The highest BCUT2D eigenvalue weighted by atomic mass is 16.6. The van der Waals surface area contributed by atoms with Crippen molar-refractivity contribution in [3.05, 3.63) is 62.6 Å². The molecule has 0 radical (unpaired) electrons. The molecule has 0 saturated heterocycles. The fraction of sp³-hybridized carbons (Fsp3) is 0.368. The summed E-state index contributed by atoms with van der Waals surface area (Å²) in [7, 11) is 1.49. The normalized spacial score (nSPS) is 9.81. The first-order valence-corrected chi connectivity index (χ1v) is 8.69. The highest BCUT2D eigenvalue weighted by Gasteiger charge is 2.25. The Balaban J connectivity index is 0.00000176. The van der Waals surface area contributed by atoms with E-state index in [-0.39, 0.29) is 18.8 Å². The van der Waals surface area contributed by atoms with Gasteiger partial charge in [0.1, 0.15) is 12.2 Å². The Labute approximate surface area is 158 Å².